The molecule has 0 spiro atoms. The van der Waals surface area contributed by atoms with E-state index < -0.39 is 11.5 Å². The maximum atomic E-state index is 11.8. The molecular weight excluding hydrogens is 252 g/mol. The van der Waals surface area contributed by atoms with E-state index in [9.17, 15) is 14.7 Å². The number of rotatable bonds is 6. The summed E-state index contributed by atoms with van der Waals surface area (Å²) in [5.74, 6) is 0.0535. The zero-order valence-electron chi connectivity index (χ0n) is 11.0. The number of thioether (sulfide) groups is 1. The number of carboxylic acids is 1. The van der Waals surface area contributed by atoms with Gasteiger partial charge in [0.1, 0.15) is 5.54 Å². The number of urea groups is 1. The molecule has 18 heavy (non-hydrogen) atoms. The van der Waals surface area contributed by atoms with Crippen LogP contribution in [0.15, 0.2) is 0 Å². The van der Waals surface area contributed by atoms with Crippen LogP contribution in [-0.4, -0.2) is 40.7 Å². The number of nitrogens with one attached hydrogen (secondary N) is 2. The summed E-state index contributed by atoms with van der Waals surface area (Å²) >= 11 is 1.73. The number of amides is 2. The molecule has 1 fully saturated rings. The third-order valence-corrected chi connectivity index (χ3v) is 4.00. The van der Waals surface area contributed by atoms with Gasteiger partial charge in [0, 0.05) is 6.04 Å². The van der Waals surface area contributed by atoms with E-state index in [1.165, 1.54) is 0 Å². The second-order valence-corrected chi connectivity index (χ2v) is 5.86. The van der Waals surface area contributed by atoms with Crippen molar-refractivity contribution < 1.29 is 14.7 Å². The predicted octanol–water partition coefficient (Wildman–Crippen LogP) is 1.82. The molecule has 0 aliphatic heterocycles. The quantitative estimate of drug-likeness (QED) is 0.690. The Morgan fingerprint density at radius 1 is 1.39 bits per heavy atom. The first kappa shape index (κ1) is 15.1. The summed E-state index contributed by atoms with van der Waals surface area (Å²) in [6.45, 7) is 1.93. The molecule has 1 atom stereocenters. The topological polar surface area (TPSA) is 78.4 Å². The molecule has 0 aromatic rings. The highest BCUT2D eigenvalue weighted by Crippen LogP contribution is 2.29. The van der Waals surface area contributed by atoms with Gasteiger partial charge in [0.15, 0.2) is 0 Å². The molecule has 1 saturated carbocycles. The molecule has 0 radical (unpaired) electrons. The Kier molecular flexibility index (Phi) is 5.78. The van der Waals surface area contributed by atoms with Crippen molar-refractivity contribution in [2.75, 3.05) is 12.0 Å². The third-order valence-electron chi connectivity index (χ3n) is 3.35. The van der Waals surface area contributed by atoms with E-state index in [4.69, 9.17) is 0 Å². The van der Waals surface area contributed by atoms with Gasteiger partial charge in [0.05, 0.1) is 0 Å². The smallest absolute Gasteiger partial charge is 0.329 e. The van der Waals surface area contributed by atoms with Crippen molar-refractivity contribution in [3.8, 4) is 0 Å². The average Bonchev–Trinajstić information content (AvgIpc) is 2.75. The number of carbonyl (C=O) groups is 2. The molecular formula is C12H22N2O3S. The molecule has 1 aliphatic carbocycles. The van der Waals surface area contributed by atoms with E-state index in [0.29, 0.717) is 12.8 Å². The highest BCUT2D eigenvalue weighted by Gasteiger charge is 2.42. The van der Waals surface area contributed by atoms with Gasteiger partial charge in [0.25, 0.3) is 0 Å². The second kappa shape index (κ2) is 6.87. The largest absolute Gasteiger partial charge is 0.480 e. The fourth-order valence-electron chi connectivity index (χ4n) is 2.21. The van der Waals surface area contributed by atoms with Crippen molar-refractivity contribution in [1.82, 2.24) is 10.6 Å². The Morgan fingerprint density at radius 3 is 2.50 bits per heavy atom. The van der Waals surface area contributed by atoms with Crippen LogP contribution in [0.4, 0.5) is 4.79 Å². The minimum absolute atomic E-state index is 0.0599. The van der Waals surface area contributed by atoms with Crippen LogP contribution in [0, 0.1) is 0 Å². The Hall–Kier alpha value is -0.910. The summed E-state index contributed by atoms with van der Waals surface area (Å²) in [5.41, 5.74) is -1.05. The SMILES string of the molecule is CSCCC(C)NC(=O)NC1(C(=O)O)CCCC1. The normalized spacial score (nSPS) is 19.2. The Bertz CT molecular complexity index is 304. The highest BCUT2D eigenvalue weighted by atomic mass is 32.2. The maximum absolute atomic E-state index is 11.8. The molecule has 0 heterocycles. The lowest BCUT2D eigenvalue weighted by molar-refractivity contribution is -0.144. The fraction of sp³-hybridized carbons (Fsp3) is 0.833. The monoisotopic (exact) mass is 274 g/mol. The van der Waals surface area contributed by atoms with Crippen molar-refractivity contribution in [3.63, 3.8) is 0 Å². The molecule has 0 saturated heterocycles. The van der Waals surface area contributed by atoms with Crippen LogP contribution in [0.3, 0.4) is 0 Å². The van der Waals surface area contributed by atoms with Gasteiger partial charge in [-0.2, -0.15) is 11.8 Å². The predicted molar refractivity (Wildman–Crippen MR) is 73.0 cm³/mol. The van der Waals surface area contributed by atoms with Crippen LogP contribution in [-0.2, 0) is 4.79 Å². The third kappa shape index (κ3) is 4.08. The molecule has 0 bridgehead atoms. The van der Waals surface area contributed by atoms with Gasteiger partial charge in [-0.05, 0) is 38.2 Å². The van der Waals surface area contributed by atoms with Crippen LogP contribution in [0.2, 0.25) is 0 Å². The van der Waals surface area contributed by atoms with Crippen LogP contribution in [0.1, 0.15) is 39.0 Å². The van der Waals surface area contributed by atoms with Crippen molar-refractivity contribution in [2.24, 2.45) is 0 Å². The van der Waals surface area contributed by atoms with E-state index in [1.54, 1.807) is 11.8 Å². The summed E-state index contributed by atoms with van der Waals surface area (Å²) in [6, 6.07) is -0.308. The first-order valence-corrected chi connectivity index (χ1v) is 7.70. The van der Waals surface area contributed by atoms with Crippen molar-refractivity contribution in [2.45, 2.75) is 50.6 Å². The highest BCUT2D eigenvalue weighted by molar-refractivity contribution is 7.98. The Labute approximate surface area is 112 Å². The molecule has 5 nitrogen and oxygen atoms in total. The molecule has 104 valence electrons. The van der Waals surface area contributed by atoms with Gasteiger partial charge in [-0.3, -0.25) is 0 Å². The van der Waals surface area contributed by atoms with Crippen molar-refractivity contribution in [1.29, 1.82) is 0 Å². The molecule has 0 aromatic heterocycles. The summed E-state index contributed by atoms with van der Waals surface area (Å²) in [5, 5.41) is 14.7. The summed E-state index contributed by atoms with van der Waals surface area (Å²) in [4.78, 5) is 23.1. The number of aliphatic carboxylic acids is 1. The molecule has 0 aromatic carbocycles. The first-order valence-electron chi connectivity index (χ1n) is 6.31. The van der Waals surface area contributed by atoms with E-state index >= 15 is 0 Å². The minimum atomic E-state index is -1.05. The number of hydrogen-bond donors (Lipinski definition) is 3. The van der Waals surface area contributed by atoms with Gasteiger partial charge in [-0.25, -0.2) is 9.59 Å². The van der Waals surface area contributed by atoms with Crippen molar-refractivity contribution in [3.05, 3.63) is 0 Å². The zero-order valence-corrected chi connectivity index (χ0v) is 11.8. The number of hydrogen-bond acceptors (Lipinski definition) is 3. The van der Waals surface area contributed by atoms with E-state index in [1.807, 2.05) is 13.2 Å². The summed E-state index contributed by atoms with van der Waals surface area (Å²) in [7, 11) is 0. The minimum Gasteiger partial charge on any atom is -0.480 e. The van der Waals surface area contributed by atoms with Crippen LogP contribution in [0.5, 0.6) is 0 Å². The Morgan fingerprint density at radius 2 is 2.00 bits per heavy atom. The molecule has 2 amide bonds. The fourth-order valence-corrected chi connectivity index (χ4v) is 2.80. The zero-order chi connectivity index (χ0) is 13.6. The lowest BCUT2D eigenvalue weighted by Crippen LogP contribution is -2.56. The van der Waals surface area contributed by atoms with Gasteiger partial charge in [-0.15, -0.1) is 0 Å². The van der Waals surface area contributed by atoms with Crippen LogP contribution < -0.4 is 10.6 Å². The molecule has 1 aliphatic rings. The van der Waals surface area contributed by atoms with Crippen LogP contribution >= 0.6 is 11.8 Å². The lowest BCUT2D eigenvalue weighted by atomic mass is 9.98. The molecule has 3 N–H and O–H groups in total. The van der Waals surface area contributed by atoms with Gasteiger partial charge in [-0.1, -0.05) is 12.8 Å². The van der Waals surface area contributed by atoms with Crippen molar-refractivity contribution >= 4 is 23.8 Å². The standard InChI is InChI=1S/C12H22N2O3S/c1-9(5-8-18-2)13-11(17)14-12(10(15)16)6-3-4-7-12/h9H,3-8H2,1-2H3,(H,15,16)(H2,13,14,17). The number of carboxylic acid groups (broad SMARTS) is 1. The molecule has 6 heteroatoms. The van der Waals surface area contributed by atoms with E-state index in [-0.39, 0.29) is 12.1 Å². The average molecular weight is 274 g/mol. The summed E-state index contributed by atoms with van der Waals surface area (Å²) < 4.78 is 0. The van der Waals surface area contributed by atoms with Crippen LogP contribution in [0.25, 0.3) is 0 Å². The van der Waals surface area contributed by atoms with Gasteiger partial charge >= 0.3 is 12.0 Å². The van der Waals surface area contributed by atoms with Gasteiger partial charge < -0.3 is 15.7 Å². The van der Waals surface area contributed by atoms with E-state index in [0.717, 1.165) is 25.0 Å². The van der Waals surface area contributed by atoms with E-state index in [2.05, 4.69) is 10.6 Å². The number of carbonyl (C=O) groups excluding carboxylic acids is 1. The summed E-state index contributed by atoms with van der Waals surface area (Å²) in [6.07, 6.45) is 5.66. The van der Waals surface area contributed by atoms with Gasteiger partial charge in [0.2, 0.25) is 0 Å². The maximum Gasteiger partial charge on any atom is 0.329 e. The lowest BCUT2D eigenvalue weighted by Gasteiger charge is -2.26. The molecule has 1 unspecified atom stereocenters. The molecule has 1 rings (SSSR count). The Balaban J connectivity index is 2.45. The second-order valence-electron chi connectivity index (χ2n) is 4.88. The first-order chi connectivity index (χ1) is 8.50.